The zero-order valence-electron chi connectivity index (χ0n) is 19.4. The van der Waals surface area contributed by atoms with Gasteiger partial charge >= 0.3 is 0 Å². The van der Waals surface area contributed by atoms with Crippen LogP contribution >= 0.6 is 0 Å². The molecule has 172 valence electrons. The van der Waals surface area contributed by atoms with Gasteiger partial charge in [-0.15, -0.1) is 5.10 Å². The van der Waals surface area contributed by atoms with Crippen LogP contribution in [0.25, 0.3) is 10.9 Å². The number of hydrogen-bond donors (Lipinski definition) is 1. The molecule has 2 heterocycles. The standard InChI is InChI=1S/C25H30N6O2/c1-18-9-10-19(2)24-22(18)15-21(25(32)26-24)16-30(12-11-20-7-5-4-6-8-20)17-23-27-28-29-31(23)13-14-33-3/h4-10,15H,11-14,16-17H2,1-3H3,(H,26,32). The maximum Gasteiger partial charge on any atom is 0.252 e. The van der Waals surface area contributed by atoms with Gasteiger partial charge in [-0.2, -0.15) is 0 Å². The van der Waals surface area contributed by atoms with E-state index in [1.165, 1.54) is 5.56 Å². The van der Waals surface area contributed by atoms with Gasteiger partial charge in [0.1, 0.15) is 0 Å². The number of pyridine rings is 1. The third-order valence-electron chi connectivity index (χ3n) is 5.95. The predicted octanol–water partition coefficient (Wildman–Crippen LogP) is 3.02. The van der Waals surface area contributed by atoms with E-state index in [1.807, 2.05) is 37.3 Å². The first-order valence-electron chi connectivity index (χ1n) is 11.2. The molecule has 0 bridgehead atoms. The summed E-state index contributed by atoms with van der Waals surface area (Å²) in [6, 6.07) is 16.5. The molecule has 1 N–H and O–H groups in total. The fraction of sp³-hybridized carbons (Fsp3) is 0.360. The van der Waals surface area contributed by atoms with Crippen LogP contribution < -0.4 is 5.56 Å². The Kier molecular flexibility index (Phi) is 7.26. The fourth-order valence-electron chi connectivity index (χ4n) is 4.01. The number of aromatic amines is 1. The Morgan fingerprint density at radius 3 is 2.64 bits per heavy atom. The van der Waals surface area contributed by atoms with E-state index in [0.29, 0.717) is 26.2 Å². The zero-order valence-corrected chi connectivity index (χ0v) is 19.4. The molecule has 0 aliphatic heterocycles. The van der Waals surface area contributed by atoms with Crippen LogP contribution in [0.5, 0.6) is 0 Å². The molecule has 0 spiro atoms. The van der Waals surface area contributed by atoms with E-state index in [2.05, 4.69) is 50.5 Å². The Balaban J connectivity index is 1.62. The van der Waals surface area contributed by atoms with Gasteiger partial charge in [0.15, 0.2) is 5.82 Å². The molecule has 0 amide bonds. The summed E-state index contributed by atoms with van der Waals surface area (Å²) in [5.41, 5.74) is 5.05. The number of H-pyrrole nitrogens is 1. The predicted molar refractivity (Wildman–Crippen MR) is 128 cm³/mol. The van der Waals surface area contributed by atoms with Crippen LogP contribution in [0.1, 0.15) is 28.1 Å². The van der Waals surface area contributed by atoms with E-state index in [9.17, 15) is 4.79 Å². The summed E-state index contributed by atoms with van der Waals surface area (Å²) in [6.07, 6.45) is 0.865. The SMILES string of the molecule is COCCn1nnnc1CN(CCc1ccccc1)Cc1cc2c(C)ccc(C)c2[nH]c1=O. The van der Waals surface area contributed by atoms with E-state index in [0.717, 1.165) is 46.4 Å². The van der Waals surface area contributed by atoms with Gasteiger partial charge in [-0.3, -0.25) is 9.69 Å². The third kappa shape index (κ3) is 5.53. The number of tetrazole rings is 1. The lowest BCUT2D eigenvalue weighted by atomic mass is 10.0. The number of ether oxygens (including phenoxy) is 1. The zero-order chi connectivity index (χ0) is 23.2. The number of aryl methyl sites for hydroxylation is 2. The van der Waals surface area contributed by atoms with Crippen molar-refractivity contribution in [2.75, 3.05) is 20.3 Å². The van der Waals surface area contributed by atoms with Crippen molar-refractivity contribution in [3.8, 4) is 0 Å². The van der Waals surface area contributed by atoms with Crippen molar-refractivity contribution in [2.24, 2.45) is 0 Å². The second-order valence-corrected chi connectivity index (χ2v) is 8.37. The summed E-state index contributed by atoms with van der Waals surface area (Å²) in [5.74, 6) is 0.754. The van der Waals surface area contributed by atoms with Crippen molar-refractivity contribution in [1.82, 2.24) is 30.1 Å². The molecule has 0 unspecified atom stereocenters. The number of fused-ring (bicyclic) bond motifs is 1. The number of methoxy groups -OCH3 is 1. The van der Waals surface area contributed by atoms with Gasteiger partial charge in [-0.05, 0) is 53.5 Å². The fourth-order valence-corrected chi connectivity index (χ4v) is 4.01. The Labute approximate surface area is 193 Å². The first-order chi connectivity index (χ1) is 16.0. The number of hydrogen-bond acceptors (Lipinski definition) is 6. The van der Waals surface area contributed by atoms with Crippen LogP contribution in [0.3, 0.4) is 0 Å². The summed E-state index contributed by atoms with van der Waals surface area (Å²) in [5, 5.41) is 13.2. The average Bonchev–Trinajstić information content (AvgIpc) is 3.27. The number of aromatic nitrogens is 5. The molecule has 0 saturated carbocycles. The molecule has 4 aromatic rings. The lowest BCUT2D eigenvalue weighted by Gasteiger charge is -2.22. The highest BCUT2D eigenvalue weighted by Gasteiger charge is 2.16. The van der Waals surface area contributed by atoms with Crippen molar-refractivity contribution in [1.29, 1.82) is 0 Å². The summed E-state index contributed by atoms with van der Waals surface area (Å²) in [6.45, 7) is 7.01. The van der Waals surface area contributed by atoms with Crippen LogP contribution in [0.15, 0.2) is 53.3 Å². The summed E-state index contributed by atoms with van der Waals surface area (Å²) < 4.78 is 6.94. The first kappa shape index (κ1) is 22.8. The molecule has 0 saturated heterocycles. The molecule has 0 aliphatic carbocycles. The molecule has 0 radical (unpaired) electrons. The molecule has 33 heavy (non-hydrogen) atoms. The monoisotopic (exact) mass is 446 g/mol. The Hall–Kier alpha value is -3.36. The number of nitrogens with one attached hydrogen (secondary N) is 1. The molecule has 2 aromatic carbocycles. The average molecular weight is 447 g/mol. The van der Waals surface area contributed by atoms with Crippen LogP contribution in [-0.4, -0.2) is 50.4 Å². The van der Waals surface area contributed by atoms with Crippen molar-refractivity contribution < 1.29 is 4.74 Å². The second-order valence-electron chi connectivity index (χ2n) is 8.37. The van der Waals surface area contributed by atoms with Gasteiger partial charge < -0.3 is 9.72 Å². The van der Waals surface area contributed by atoms with E-state index in [4.69, 9.17) is 4.74 Å². The lowest BCUT2D eigenvalue weighted by Crippen LogP contribution is -2.30. The van der Waals surface area contributed by atoms with Crippen LogP contribution in [0, 0.1) is 13.8 Å². The van der Waals surface area contributed by atoms with Gasteiger partial charge in [0.2, 0.25) is 0 Å². The second kappa shape index (κ2) is 10.5. The molecule has 8 heteroatoms. The van der Waals surface area contributed by atoms with Crippen molar-refractivity contribution in [2.45, 2.75) is 39.9 Å². The Bertz CT molecular complexity index is 1270. The quantitative estimate of drug-likeness (QED) is 0.403. The van der Waals surface area contributed by atoms with Gasteiger partial charge in [0.05, 0.1) is 25.2 Å². The van der Waals surface area contributed by atoms with E-state index < -0.39 is 0 Å². The van der Waals surface area contributed by atoms with Gasteiger partial charge in [0.25, 0.3) is 5.56 Å². The molecule has 2 aromatic heterocycles. The maximum atomic E-state index is 13.0. The third-order valence-corrected chi connectivity index (χ3v) is 5.95. The van der Waals surface area contributed by atoms with Crippen molar-refractivity contribution >= 4 is 10.9 Å². The molecular formula is C25H30N6O2. The van der Waals surface area contributed by atoms with E-state index in [1.54, 1.807) is 11.8 Å². The number of rotatable bonds is 10. The van der Waals surface area contributed by atoms with Gasteiger partial charge in [-0.1, -0.05) is 42.5 Å². The molecule has 8 nitrogen and oxygen atoms in total. The molecule has 4 rings (SSSR count). The summed E-state index contributed by atoms with van der Waals surface area (Å²) >= 11 is 0. The van der Waals surface area contributed by atoms with Crippen LogP contribution in [0.2, 0.25) is 0 Å². The first-order valence-corrected chi connectivity index (χ1v) is 11.2. The largest absolute Gasteiger partial charge is 0.383 e. The maximum absolute atomic E-state index is 13.0. The smallest absolute Gasteiger partial charge is 0.252 e. The minimum absolute atomic E-state index is 0.0557. The molecule has 0 fully saturated rings. The Morgan fingerprint density at radius 2 is 1.85 bits per heavy atom. The lowest BCUT2D eigenvalue weighted by molar-refractivity contribution is 0.178. The highest BCUT2D eigenvalue weighted by Crippen LogP contribution is 2.20. The highest BCUT2D eigenvalue weighted by atomic mass is 16.5. The minimum atomic E-state index is -0.0557. The van der Waals surface area contributed by atoms with E-state index >= 15 is 0 Å². The number of benzene rings is 2. The number of nitrogens with zero attached hydrogens (tertiary/aromatic N) is 5. The normalized spacial score (nSPS) is 11.5. The topological polar surface area (TPSA) is 88.9 Å². The Morgan fingerprint density at radius 1 is 1.06 bits per heavy atom. The van der Waals surface area contributed by atoms with Crippen LogP contribution in [-0.2, 0) is 30.8 Å². The van der Waals surface area contributed by atoms with E-state index in [-0.39, 0.29) is 5.56 Å². The van der Waals surface area contributed by atoms with Crippen molar-refractivity contribution in [3.63, 3.8) is 0 Å². The highest BCUT2D eigenvalue weighted by molar-refractivity contribution is 5.85. The van der Waals surface area contributed by atoms with Gasteiger partial charge in [-0.25, -0.2) is 4.68 Å². The molecule has 0 aliphatic rings. The molecular weight excluding hydrogens is 416 g/mol. The summed E-state index contributed by atoms with van der Waals surface area (Å²) in [4.78, 5) is 18.3. The summed E-state index contributed by atoms with van der Waals surface area (Å²) in [7, 11) is 1.66. The van der Waals surface area contributed by atoms with Crippen molar-refractivity contribution in [3.05, 3.63) is 87.0 Å². The minimum Gasteiger partial charge on any atom is -0.383 e. The molecule has 0 atom stereocenters. The van der Waals surface area contributed by atoms with Gasteiger partial charge in [0, 0.05) is 31.1 Å². The van der Waals surface area contributed by atoms with Crippen LogP contribution in [0.4, 0.5) is 0 Å².